The summed E-state index contributed by atoms with van der Waals surface area (Å²) < 4.78 is 2.35. The molecule has 0 saturated heterocycles. The molecule has 0 unspecified atom stereocenters. The Morgan fingerprint density at radius 2 is 1.17 bits per heavy atom. The molecule has 4 nitrogen and oxygen atoms in total. The Bertz CT molecular complexity index is 2870. The Kier molecular flexibility index (Phi) is 7.98. The van der Waals surface area contributed by atoms with Crippen LogP contribution in [0.15, 0.2) is 176 Å². The highest BCUT2D eigenvalue weighted by atomic mass is 15.1. The van der Waals surface area contributed by atoms with E-state index in [0.717, 1.165) is 83.0 Å². The van der Waals surface area contributed by atoms with Gasteiger partial charge in [0.15, 0.2) is 5.82 Å². The largest absolute Gasteiger partial charge is 0.344 e. The third kappa shape index (κ3) is 5.67. The maximum Gasteiger partial charge on any atom is 0.160 e. The van der Waals surface area contributed by atoms with Gasteiger partial charge in [-0.15, -0.1) is 0 Å². The topological polar surface area (TPSA) is 33.4 Å². The van der Waals surface area contributed by atoms with E-state index in [1.807, 2.05) is 42.5 Å². The predicted molar refractivity (Wildman–Crippen MR) is 224 cm³/mol. The first-order valence-corrected chi connectivity index (χ1v) is 17.8. The summed E-state index contributed by atoms with van der Waals surface area (Å²) in [5.41, 5.74) is 12.5. The average Bonchev–Trinajstić information content (AvgIpc) is 3.63. The maximum absolute atomic E-state index is 5.12. The Labute approximate surface area is 308 Å². The zero-order valence-corrected chi connectivity index (χ0v) is 29.4. The molecule has 53 heavy (non-hydrogen) atoms. The minimum Gasteiger partial charge on any atom is -0.344 e. The van der Waals surface area contributed by atoms with Crippen molar-refractivity contribution in [2.45, 2.75) is 0 Å². The first-order valence-electron chi connectivity index (χ1n) is 17.8. The van der Waals surface area contributed by atoms with Crippen LogP contribution in [0.1, 0.15) is 0 Å². The normalized spacial score (nSPS) is 11.8. The van der Waals surface area contributed by atoms with Crippen molar-refractivity contribution in [3.63, 3.8) is 0 Å². The molecule has 6 aromatic carbocycles. The highest BCUT2D eigenvalue weighted by Crippen LogP contribution is 2.39. The van der Waals surface area contributed by atoms with Crippen LogP contribution in [0, 0.1) is 0 Å². The van der Waals surface area contributed by atoms with E-state index < -0.39 is 0 Å². The van der Waals surface area contributed by atoms with Gasteiger partial charge in [-0.1, -0.05) is 147 Å². The molecule has 0 aliphatic rings. The Morgan fingerprint density at radius 3 is 1.83 bits per heavy atom. The number of nitrogens with zero attached hydrogens (tertiary/aromatic N) is 4. The zero-order chi connectivity index (χ0) is 35.9. The fourth-order valence-corrected chi connectivity index (χ4v) is 7.43. The molecule has 0 bridgehead atoms. The van der Waals surface area contributed by atoms with Crippen LogP contribution in [0.4, 0.5) is 11.4 Å². The van der Waals surface area contributed by atoms with E-state index in [1.54, 1.807) is 0 Å². The second-order valence-corrected chi connectivity index (χ2v) is 13.3. The number of allylic oxidation sites excluding steroid dienone is 1. The van der Waals surface area contributed by atoms with Crippen molar-refractivity contribution in [2.24, 2.45) is 0 Å². The molecule has 9 aromatic rings. The lowest BCUT2D eigenvalue weighted by Crippen LogP contribution is -2.27. The number of benzene rings is 6. The number of hydrogen-bond donors (Lipinski definition) is 0. The summed E-state index contributed by atoms with van der Waals surface area (Å²) >= 11 is 0. The lowest BCUT2D eigenvalue weighted by atomic mass is 9.98. The van der Waals surface area contributed by atoms with Gasteiger partial charge in [0, 0.05) is 45.8 Å². The zero-order valence-electron chi connectivity index (χ0n) is 29.4. The van der Waals surface area contributed by atoms with Crippen LogP contribution in [-0.4, -0.2) is 21.4 Å². The number of para-hydroxylation sites is 1. The van der Waals surface area contributed by atoms with Crippen molar-refractivity contribution in [3.05, 3.63) is 187 Å². The quantitative estimate of drug-likeness (QED) is 0.168. The van der Waals surface area contributed by atoms with E-state index in [-0.39, 0.29) is 0 Å². The van der Waals surface area contributed by atoms with Crippen LogP contribution in [0.3, 0.4) is 0 Å². The van der Waals surface area contributed by atoms with Gasteiger partial charge >= 0.3 is 0 Å². The van der Waals surface area contributed by atoms with Gasteiger partial charge < -0.3 is 9.30 Å². The monoisotopic (exact) mass is 680 g/mol. The van der Waals surface area contributed by atoms with E-state index in [2.05, 4.69) is 163 Å². The number of pyridine rings is 1. The summed E-state index contributed by atoms with van der Waals surface area (Å²) in [7, 11) is 2.14. The highest BCUT2D eigenvalue weighted by molar-refractivity contribution is 6.00. The molecule has 0 radical (unpaired) electrons. The molecule has 3 aromatic heterocycles. The van der Waals surface area contributed by atoms with E-state index in [0.29, 0.717) is 5.82 Å². The van der Waals surface area contributed by atoms with Crippen LogP contribution in [-0.2, 0) is 0 Å². The summed E-state index contributed by atoms with van der Waals surface area (Å²) in [6.45, 7) is 8.65. The molecule has 0 aliphatic carbocycles. The number of hydrogen-bond acceptors (Lipinski definition) is 3. The van der Waals surface area contributed by atoms with Crippen LogP contribution in [0.25, 0.3) is 85.0 Å². The molecule has 0 saturated carbocycles. The maximum atomic E-state index is 5.12. The van der Waals surface area contributed by atoms with Crippen LogP contribution < -0.4 is 15.3 Å². The smallest absolute Gasteiger partial charge is 0.160 e. The first kappa shape index (κ1) is 31.9. The third-order valence-electron chi connectivity index (χ3n) is 10.1. The molecule has 0 fully saturated rings. The Hall–Kier alpha value is -7.04. The average molecular weight is 681 g/mol. The van der Waals surface area contributed by atoms with Gasteiger partial charge in [0.05, 0.1) is 33.6 Å². The summed E-state index contributed by atoms with van der Waals surface area (Å²) in [5, 5.41) is 4.35. The molecule has 4 heteroatoms. The van der Waals surface area contributed by atoms with E-state index in [4.69, 9.17) is 9.97 Å². The van der Waals surface area contributed by atoms with Crippen LogP contribution in [0.2, 0.25) is 0 Å². The fourth-order valence-electron chi connectivity index (χ4n) is 7.43. The number of aromatic nitrogens is 3. The van der Waals surface area contributed by atoms with Gasteiger partial charge in [0.2, 0.25) is 0 Å². The van der Waals surface area contributed by atoms with Crippen LogP contribution >= 0.6 is 0 Å². The summed E-state index contributed by atoms with van der Waals surface area (Å²) in [6.07, 6.45) is 3.94. The van der Waals surface area contributed by atoms with Gasteiger partial charge in [-0.3, -0.25) is 0 Å². The number of rotatable bonds is 7. The molecule has 252 valence electrons. The predicted octanol–water partition coefficient (Wildman–Crippen LogP) is 10.8. The second-order valence-electron chi connectivity index (χ2n) is 13.3. The molecule has 3 heterocycles. The Morgan fingerprint density at radius 1 is 0.566 bits per heavy atom. The van der Waals surface area contributed by atoms with E-state index in [1.165, 1.54) is 5.39 Å². The third-order valence-corrected chi connectivity index (χ3v) is 10.1. The molecular weight excluding hydrogens is 645 g/mol. The summed E-state index contributed by atoms with van der Waals surface area (Å²) in [4.78, 5) is 12.5. The molecule has 0 amide bonds. The minimum atomic E-state index is 0.676. The number of fused-ring (bicyclic) bond motifs is 5. The van der Waals surface area contributed by atoms with Gasteiger partial charge in [-0.05, 0) is 58.5 Å². The van der Waals surface area contributed by atoms with Gasteiger partial charge in [0.1, 0.15) is 0 Å². The van der Waals surface area contributed by atoms with Crippen molar-refractivity contribution < 1.29 is 0 Å². The Balaban J connectivity index is 1.26. The van der Waals surface area contributed by atoms with Gasteiger partial charge in [-0.25, -0.2) is 9.97 Å². The van der Waals surface area contributed by atoms with Crippen LogP contribution in [0.5, 0.6) is 0 Å². The van der Waals surface area contributed by atoms with Crippen molar-refractivity contribution >= 4 is 51.4 Å². The summed E-state index contributed by atoms with van der Waals surface area (Å²) in [5.74, 6) is 0.676. The second kappa shape index (κ2) is 13.3. The fraction of sp³-hybridized carbons (Fsp3) is 0.0204. The summed E-state index contributed by atoms with van der Waals surface area (Å²) in [6, 6.07) is 57.2. The molecule has 0 N–H and O–H groups in total. The SMILES string of the molecule is C=C/C=c1\c(=C)c2cc3ccccc3n2c2cc(N(C)c3cccc(-c4nc(-c5ccccc5)cc(-c5ccccc5)n4)c3)c(-c3ccccc3)cc12. The lowest BCUT2D eigenvalue weighted by molar-refractivity contribution is 1.17. The molecule has 9 rings (SSSR count). The molecule has 0 spiro atoms. The van der Waals surface area contributed by atoms with E-state index >= 15 is 0 Å². The minimum absolute atomic E-state index is 0.676. The van der Waals surface area contributed by atoms with Crippen molar-refractivity contribution in [1.82, 2.24) is 14.4 Å². The van der Waals surface area contributed by atoms with Gasteiger partial charge in [-0.2, -0.15) is 0 Å². The molecule has 0 aliphatic heterocycles. The van der Waals surface area contributed by atoms with Crippen molar-refractivity contribution in [1.29, 1.82) is 0 Å². The van der Waals surface area contributed by atoms with Crippen molar-refractivity contribution in [3.8, 4) is 45.0 Å². The molecular formula is C49H36N4. The highest BCUT2D eigenvalue weighted by Gasteiger charge is 2.18. The lowest BCUT2D eigenvalue weighted by Gasteiger charge is -2.25. The standard InChI is InChI=1S/C49H36N4/c1-4-17-40-33(2)46-29-37-24-14-15-27-45(37)53(46)48-32-47(41(30-42(40)48)34-18-8-5-9-19-34)52(3)39-26-16-25-38(28-39)49-50-43(35-20-10-6-11-21-35)31-44(51-49)36-22-12-7-13-23-36/h4-32H,1-2H2,3H3/b40-17+. The van der Waals surface area contributed by atoms with Gasteiger partial charge in [0.25, 0.3) is 0 Å². The van der Waals surface area contributed by atoms with E-state index in [9.17, 15) is 0 Å². The molecule has 0 atom stereocenters. The first-order chi connectivity index (χ1) is 26.1. The number of anilines is 2. The van der Waals surface area contributed by atoms with Crippen molar-refractivity contribution in [2.75, 3.05) is 11.9 Å².